The van der Waals surface area contributed by atoms with Gasteiger partial charge in [-0.2, -0.15) is 0 Å². The summed E-state index contributed by atoms with van der Waals surface area (Å²) in [6.07, 6.45) is 0.536. The number of benzene rings is 2. The van der Waals surface area contributed by atoms with Gasteiger partial charge in [0.2, 0.25) is 0 Å². The van der Waals surface area contributed by atoms with Crippen molar-refractivity contribution in [2.24, 2.45) is 0 Å². The van der Waals surface area contributed by atoms with E-state index >= 15 is 0 Å². The van der Waals surface area contributed by atoms with Crippen molar-refractivity contribution in [2.75, 3.05) is 39.3 Å². The molecule has 178 valence electrons. The molecular formula is C26H35N3O4. The van der Waals surface area contributed by atoms with E-state index in [1.165, 1.54) is 5.56 Å². The van der Waals surface area contributed by atoms with Crippen molar-refractivity contribution in [1.82, 2.24) is 15.1 Å². The van der Waals surface area contributed by atoms with Gasteiger partial charge in [0.25, 0.3) is 0 Å². The summed E-state index contributed by atoms with van der Waals surface area (Å²) in [6, 6.07) is 14.2. The highest BCUT2D eigenvalue weighted by atomic mass is 16.5. The Morgan fingerprint density at radius 1 is 1.09 bits per heavy atom. The minimum absolute atomic E-state index is 0.0204. The molecule has 33 heavy (non-hydrogen) atoms. The number of urea groups is 1. The molecule has 7 nitrogen and oxygen atoms in total. The number of amides is 2. The van der Waals surface area contributed by atoms with Crippen molar-refractivity contribution in [3.05, 3.63) is 59.2 Å². The quantitative estimate of drug-likeness (QED) is 0.643. The molecule has 4 rings (SSSR count). The van der Waals surface area contributed by atoms with E-state index in [1.54, 1.807) is 4.90 Å². The van der Waals surface area contributed by atoms with Gasteiger partial charge in [-0.05, 0) is 68.1 Å². The third kappa shape index (κ3) is 6.18. The van der Waals surface area contributed by atoms with Gasteiger partial charge in [-0.3, -0.25) is 4.90 Å². The van der Waals surface area contributed by atoms with Crippen LogP contribution in [0, 0.1) is 13.8 Å². The van der Waals surface area contributed by atoms with Crippen LogP contribution in [0.15, 0.2) is 42.5 Å². The molecule has 2 amide bonds. The van der Waals surface area contributed by atoms with Crippen molar-refractivity contribution in [2.45, 2.75) is 45.4 Å². The van der Waals surface area contributed by atoms with Crippen molar-refractivity contribution < 1.29 is 19.4 Å². The van der Waals surface area contributed by atoms with Gasteiger partial charge >= 0.3 is 6.03 Å². The van der Waals surface area contributed by atoms with Gasteiger partial charge < -0.3 is 24.8 Å². The molecule has 0 saturated carbocycles. The second-order valence-corrected chi connectivity index (χ2v) is 9.50. The SMILES string of the molecule is Cc1cc(C)cc(O[C@H]2CCN(Cc3ccc(OCCN4CCNC4=O)cc3)C[C@]2(C)O)c1. The summed E-state index contributed by atoms with van der Waals surface area (Å²) in [5.74, 6) is 1.62. The number of hydrogen-bond donors (Lipinski definition) is 2. The fourth-order valence-electron chi connectivity index (χ4n) is 4.68. The lowest BCUT2D eigenvalue weighted by Crippen LogP contribution is -2.56. The van der Waals surface area contributed by atoms with Gasteiger partial charge in [0.15, 0.2) is 0 Å². The normalized spacial score (nSPS) is 23.5. The second kappa shape index (κ2) is 10.0. The number of aryl methyl sites for hydroxylation is 2. The van der Waals surface area contributed by atoms with Crippen molar-refractivity contribution in [3.63, 3.8) is 0 Å². The maximum atomic E-state index is 11.6. The van der Waals surface area contributed by atoms with Crippen molar-refractivity contribution in [1.29, 1.82) is 0 Å². The average Bonchev–Trinajstić information content (AvgIpc) is 3.15. The summed E-state index contributed by atoms with van der Waals surface area (Å²) in [5.41, 5.74) is 2.57. The zero-order valence-electron chi connectivity index (χ0n) is 19.8. The van der Waals surface area contributed by atoms with Crippen LogP contribution in [0.5, 0.6) is 11.5 Å². The number of aliphatic hydroxyl groups is 1. The molecule has 0 aliphatic carbocycles. The number of carbonyl (C=O) groups is 1. The van der Waals surface area contributed by atoms with Crippen molar-refractivity contribution >= 4 is 6.03 Å². The maximum absolute atomic E-state index is 11.6. The number of rotatable bonds is 8. The number of carbonyl (C=O) groups excluding carboxylic acids is 1. The Kier molecular flexibility index (Phi) is 7.10. The summed E-state index contributed by atoms with van der Waals surface area (Å²) in [5, 5.41) is 13.9. The summed E-state index contributed by atoms with van der Waals surface area (Å²) < 4.78 is 12.0. The van der Waals surface area contributed by atoms with E-state index in [-0.39, 0.29) is 12.1 Å². The third-order valence-electron chi connectivity index (χ3n) is 6.32. The first-order valence-corrected chi connectivity index (χ1v) is 11.7. The van der Waals surface area contributed by atoms with E-state index < -0.39 is 5.60 Å². The molecule has 2 atom stereocenters. The third-order valence-corrected chi connectivity index (χ3v) is 6.32. The molecule has 2 aliphatic heterocycles. The Bertz CT molecular complexity index is 940. The van der Waals surface area contributed by atoms with Gasteiger partial charge in [0, 0.05) is 32.7 Å². The molecule has 2 N–H and O–H groups in total. The molecular weight excluding hydrogens is 418 g/mol. The smallest absolute Gasteiger partial charge is 0.317 e. The molecule has 2 fully saturated rings. The van der Waals surface area contributed by atoms with Gasteiger partial charge in [-0.25, -0.2) is 4.79 Å². The molecule has 0 aromatic heterocycles. The minimum atomic E-state index is -0.930. The zero-order chi connectivity index (χ0) is 23.4. The second-order valence-electron chi connectivity index (χ2n) is 9.50. The minimum Gasteiger partial charge on any atom is -0.492 e. The van der Waals surface area contributed by atoms with E-state index in [0.29, 0.717) is 26.2 Å². The first kappa shape index (κ1) is 23.4. The van der Waals surface area contributed by atoms with E-state index in [1.807, 2.05) is 31.2 Å². The van der Waals surface area contributed by atoms with Crippen LogP contribution in [-0.4, -0.2) is 72.0 Å². The maximum Gasteiger partial charge on any atom is 0.317 e. The van der Waals surface area contributed by atoms with Crippen molar-refractivity contribution in [3.8, 4) is 11.5 Å². The van der Waals surface area contributed by atoms with Crippen LogP contribution in [0.1, 0.15) is 30.0 Å². The van der Waals surface area contributed by atoms with Crippen LogP contribution in [0.25, 0.3) is 0 Å². The molecule has 2 aromatic carbocycles. The van der Waals surface area contributed by atoms with Crippen LogP contribution in [0.4, 0.5) is 4.79 Å². The highest BCUT2D eigenvalue weighted by Gasteiger charge is 2.39. The Balaban J connectivity index is 1.26. The van der Waals surface area contributed by atoms with Gasteiger partial charge in [0.1, 0.15) is 29.8 Å². The zero-order valence-corrected chi connectivity index (χ0v) is 19.8. The number of hydrogen-bond acceptors (Lipinski definition) is 5. The molecule has 0 unspecified atom stereocenters. The predicted molar refractivity (Wildman–Crippen MR) is 128 cm³/mol. The molecule has 0 bridgehead atoms. The average molecular weight is 454 g/mol. The Labute approximate surface area is 196 Å². The summed E-state index contributed by atoms with van der Waals surface area (Å²) in [7, 11) is 0. The van der Waals surface area contributed by atoms with Crippen LogP contribution in [-0.2, 0) is 6.54 Å². The predicted octanol–water partition coefficient (Wildman–Crippen LogP) is 3.11. The lowest BCUT2D eigenvalue weighted by atomic mass is 9.91. The molecule has 0 spiro atoms. The lowest BCUT2D eigenvalue weighted by Gasteiger charge is -2.42. The fourth-order valence-corrected chi connectivity index (χ4v) is 4.68. The number of piperidine rings is 1. The monoisotopic (exact) mass is 453 g/mol. The summed E-state index contributed by atoms with van der Waals surface area (Å²) in [4.78, 5) is 15.6. The Morgan fingerprint density at radius 3 is 2.45 bits per heavy atom. The van der Waals surface area contributed by atoms with Crippen LogP contribution in [0.3, 0.4) is 0 Å². The molecule has 2 aromatic rings. The lowest BCUT2D eigenvalue weighted by molar-refractivity contribution is -0.0993. The van der Waals surface area contributed by atoms with E-state index in [4.69, 9.17) is 9.47 Å². The molecule has 2 heterocycles. The van der Waals surface area contributed by atoms with Crippen LogP contribution >= 0.6 is 0 Å². The Morgan fingerprint density at radius 2 is 1.82 bits per heavy atom. The highest BCUT2D eigenvalue weighted by molar-refractivity contribution is 5.76. The van der Waals surface area contributed by atoms with Gasteiger partial charge in [0.05, 0.1) is 6.54 Å². The van der Waals surface area contributed by atoms with Crippen LogP contribution in [0.2, 0.25) is 0 Å². The van der Waals surface area contributed by atoms with Crippen LogP contribution < -0.4 is 14.8 Å². The van der Waals surface area contributed by atoms with E-state index in [9.17, 15) is 9.90 Å². The number of ether oxygens (including phenoxy) is 2. The molecule has 7 heteroatoms. The number of nitrogens with one attached hydrogen (secondary N) is 1. The largest absolute Gasteiger partial charge is 0.492 e. The number of β-amino-alcohol motifs (C(OH)–C–C–N with tert-alkyl or cyclic N) is 1. The first-order valence-electron chi connectivity index (χ1n) is 11.7. The van der Waals surface area contributed by atoms with Gasteiger partial charge in [-0.15, -0.1) is 0 Å². The Hall–Kier alpha value is -2.77. The molecule has 0 radical (unpaired) electrons. The molecule has 2 saturated heterocycles. The first-order chi connectivity index (χ1) is 15.8. The number of likely N-dealkylation sites (tertiary alicyclic amines) is 1. The van der Waals surface area contributed by atoms with E-state index in [2.05, 4.69) is 42.3 Å². The standard InChI is InChI=1S/C26H35N3O4/c1-19-14-20(2)16-23(15-19)33-24-8-10-28(18-26(24,3)31)17-21-4-6-22(7-5-21)32-13-12-29-11-9-27-25(29)30/h4-7,14-16,24,31H,8-13,17-18H2,1-3H3,(H,27,30)/t24-,26-/m0/s1. The highest BCUT2D eigenvalue weighted by Crippen LogP contribution is 2.28. The summed E-state index contributed by atoms with van der Waals surface area (Å²) in [6.45, 7) is 10.7. The number of nitrogens with zero attached hydrogens (tertiary/aromatic N) is 2. The summed E-state index contributed by atoms with van der Waals surface area (Å²) >= 11 is 0. The van der Waals surface area contributed by atoms with E-state index in [0.717, 1.165) is 48.7 Å². The molecule has 2 aliphatic rings. The fraction of sp³-hybridized carbons (Fsp3) is 0.500. The van der Waals surface area contributed by atoms with Gasteiger partial charge in [-0.1, -0.05) is 18.2 Å². The topological polar surface area (TPSA) is 74.3 Å².